The largest absolute Gasteiger partial charge is 0.411 e. The Morgan fingerprint density at radius 1 is 1.10 bits per heavy atom. The minimum Gasteiger partial charge on any atom is -0.411 e. The highest BCUT2D eigenvalue weighted by molar-refractivity contribution is 7.90. The number of aryl methyl sites for hydroxylation is 1. The molecule has 0 saturated heterocycles. The first kappa shape index (κ1) is 14.5. The third-order valence-corrected chi connectivity index (χ3v) is 4.55. The van der Waals surface area contributed by atoms with Gasteiger partial charge in [0.2, 0.25) is 5.03 Å². The molecule has 0 amide bonds. The number of sulfone groups is 1. The molecule has 1 aromatic heterocycles. The first-order valence-electron chi connectivity index (χ1n) is 5.35. The maximum absolute atomic E-state index is 12.0. The molecule has 0 aliphatic carbocycles. The van der Waals surface area contributed by atoms with E-state index >= 15 is 0 Å². The van der Waals surface area contributed by atoms with Crippen molar-refractivity contribution in [3.63, 3.8) is 0 Å². The molecular formula is C11H11NO6S2. The standard InChI is InChI=1S/C11H11NO6S2/c1-8-3-5-9(6-4-8)20(15,16)18-11-10(12-7-17-11)19(2,13)14/h3-7H,1-2H3. The van der Waals surface area contributed by atoms with Crippen LogP contribution in [0.2, 0.25) is 0 Å². The van der Waals surface area contributed by atoms with E-state index in [4.69, 9.17) is 0 Å². The second-order valence-electron chi connectivity index (χ2n) is 4.07. The summed E-state index contributed by atoms with van der Waals surface area (Å²) >= 11 is 0. The molecule has 0 unspecified atom stereocenters. The van der Waals surface area contributed by atoms with Crippen LogP contribution in [0, 0.1) is 6.92 Å². The maximum atomic E-state index is 12.0. The highest BCUT2D eigenvalue weighted by Gasteiger charge is 2.26. The first-order valence-corrected chi connectivity index (χ1v) is 8.65. The van der Waals surface area contributed by atoms with Crippen LogP contribution < -0.4 is 4.18 Å². The van der Waals surface area contributed by atoms with Crippen LogP contribution in [0.4, 0.5) is 0 Å². The number of aromatic nitrogens is 1. The van der Waals surface area contributed by atoms with Gasteiger partial charge in [0.05, 0.1) is 0 Å². The van der Waals surface area contributed by atoms with Crippen molar-refractivity contribution in [3.8, 4) is 5.95 Å². The van der Waals surface area contributed by atoms with Crippen LogP contribution in [0.15, 0.2) is 45.0 Å². The zero-order chi connectivity index (χ0) is 15.0. The lowest BCUT2D eigenvalue weighted by molar-refractivity contribution is 0.373. The van der Waals surface area contributed by atoms with E-state index in [1.165, 1.54) is 12.1 Å². The number of nitrogens with zero attached hydrogens (tertiary/aromatic N) is 1. The van der Waals surface area contributed by atoms with E-state index in [0.717, 1.165) is 18.2 Å². The van der Waals surface area contributed by atoms with Gasteiger partial charge in [-0.25, -0.2) is 13.4 Å². The van der Waals surface area contributed by atoms with Crippen molar-refractivity contribution in [2.75, 3.05) is 6.26 Å². The summed E-state index contributed by atoms with van der Waals surface area (Å²) in [5, 5.41) is -0.562. The highest BCUT2D eigenvalue weighted by Crippen LogP contribution is 2.25. The van der Waals surface area contributed by atoms with Crippen LogP contribution in [0.1, 0.15) is 5.56 Å². The monoisotopic (exact) mass is 317 g/mol. The molecule has 0 aliphatic rings. The summed E-state index contributed by atoms with van der Waals surface area (Å²) in [5.41, 5.74) is 0.875. The van der Waals surface area contributed by atoms with Crippen molar-refractivity contribution in [3.05, 3.63) is 36.2 Å². The SMILES string of the molecule is Cc1ccc(S(=O)(=O)Oc2ocnc2S(C)(=O)=O)cc1. The molecule has 9 heteroatoms. The Morgan fingerprint density at radius 3 is 2.25 bits per heavy atom. The van der Waals surface area contributed by atoms with Crippen molar-refractivity contribution >= 4 is 20.0 Å². The van der Waals surface area contributed by atoms with Gasteiger partial charge >= 0.3 is 16.1 Å². The summed E-state index contributed by atoms with van der Waals surface area (Å²) in [6.07, 6.45) is 1.67. The molecule has 7 nitrogen and oxygen atoms in total. The predicted molar refractivity (Wildman–Crippen MR) is 68.6 cm³/mol. The van der Waals surface area contributed by atoms with Gasteiger partial charge in [-0.05, 0) is 19.1 Å². The minimum absolute atomic E-state index is 0.112. The van der Waals surface area contributed by atoms with Crippen molar-refractivity contribution in [2.24, 2.45) is 0 Å². The Kier molecular flexibility index (Phi) is 3.57. The summed E-state index contributed by atoms with van der Waals surface area (Å²) in [6, 6.07) is 5.88. The number of hydrogen-bond donors (Lipinski definition) is 0. The van der Waals surface area contributed by atoms with E-state index in [1.807, 2.05) is 0 Å². The van der Waals surface area contributed by atoms with E-state index in [0.29, 0.717) is 0 Å². The molecule has 2 rings (SSSR count). The summed E-state index contributed by atoms with van der Waals surface area (Å²) < 4.78 is 56.1. The van der Waals surface area contributed by atoms with Crippen LogP contribution in [0.5, 0.6) is 5.95 Å². The smallest absolute Gasteiger partial charge is 0.341 e. The Balaban J connectivity index is 2.39. The lowest BCUT2D eigenvalue weighted by Gasteiger charge is -2.05. The van der Waals surface area contributed by atoms with E-state index < -0.39 is 30.9 Å². The Morgan fingerprint density at radius 2 is 1.70 bits per heavy atom. The molecule has 0 radical (unpaired) electrons. The Hall–Kier alpha value is -1.87. The normalized spacial score (nSPS) is 12.3. The van der Waals surface area contributed by atoms with Gasteiger partial charge in [0.25, 0.3) is 0 Å². The van der Waals surface area contributed by atoms with Crippen LogP contribution in [-0.4, -0.2) is 28.1 Å². The van der Waals surface area contributed by atoms with E-state index in [9.17, 15) is 16.8 Å². The summed E-state index contributed by atoms with van der Waals surface area (Å²) in [6.45, 7) is 1.80. The van der Waals surface area contributed by atoms with E-state index in [2.05, 4.69) is 13.6 Å². The third kappa shape index (κ3) is 2.99. The molecule has 0 spiro atoms. The first-order chi connectivity index (χ1) is 9.20. The number of oxazole rings is 1. The molecule has 0 N–H and O–H groups in total. The predicted octanol–water partition coefficient (Wildman–Crippen LogP) is 1.15. The molecule has 0 bridgehead atoms. The Labute approximate surface area is 116 Å². The van der Waals surface area contributed by atoms with Crippen molar-refractivity contribution in [1.82, 2.24) is 4.98 Å². The molecule has 20 heavy (non-hydrogen) atoms. The van der Waals surface area contributed by atoms with Gasteiger partial charge in [0.15, 0.2) is 16.2 Å². The summed E-state index contributed by atoms with van der Waals surface area (Å²) in [4.78, 5) is 3.32. The quantitative estimate of drug-likeness (QED) is 0.779. The molecule has 0 atom stereocenters. The molecule has 108 valence electrons. The van der Waals surface area contributed by atoms with Gasteiger partial charge in [-0.15, -0.1) is 0 Å². The van der Waals surface area contributed by atoms with Gasteiger partial charge in [-0.3, -0.25) is 0 Å². The zero-order valence-electron chi connectivity index (χ0n) is 10.6. The zero-order valence-corrected chi connectivity index (χ0v) is 12.2. The fraction of sp³-hybridized carbons (Fsp3) is 0.182. The van der Waals surface area contributed by atoms with Gasteiger partial charge in [-0.1, -0.05) is 17.7 Å². The van der Waals surface area contributed by atoms with Crippen LogP contribution in [0.3, 0.4) is 0 Å². The third-order valence-electron chi connectivity index (χ3n) is 2.35. The number of hydrogen-bond acceptors (Lipinski definition) is 7. The summed E-state index contributed by atoms with van der Waals surface area (Å²) in [5.74, 6) is -0.673. The van der Waals surface area contributed by atoms with Crippen LogP contribution in [0.25, 0.3) is 0 Å². The average Bonchev–Trinajstić information content (AvgIpc) is 2.76. The molecule has 2 aromatic rings. The van der Waals surface area contributed by atoms with Gasteiger partial charge in [0.1, 0.15) is 4.90 Å². The maximum Gasteiger partial charge on any atom is 0.341 e. The van der Waals surface area contributed by atoms with Gasteiger partial charge in [0, 0.05) is 6.26 Å². The fourth-order valence-corrected chi connectivity index (χ4v) is 2.94. The molecule has 0 fully saturated rings. The van der Waals surface area contributed by atoms with E-state index in [1.54, 1.807) is 19.1 Å². The summed E-state index contributed by atoms with van der Waals surface area (Å²) in [7, 11) is -7.93. The molecule has 1 heterocycles. The molecule has 0 saturated carbocycles. The van der Waals surface area contributed by atoms with E-state index in [-0.39, 0.29) is 4.90 Å². The minimum atomic E-state index is -4.18. The highest BCUT2D eigenvalue weighted by atomic mass is 32.2. The van der Waals surface area contributed by atoms with Crippen molar-refractivity contribution < 1.29 is 25.4 Å². The Bertz CT molecular complexity index is 818. The second kappa shape index (κ2) is 4.91. The lowest BCUT2D eigenvalue weighted by Crippen LogP contribution is -2.11. The number of rotatable bonds is 4. The van der Waals surface area contributed by atoms with Gasteiger partial charge < -0.3 is 8.60 Å². The van der Waals surface area contributed by atoms with Gasteiger partial charge in [-0.2, -0.15) is 8.42 Å². The molecule has 0 aliphatic heterocycles. The average molecular weight is 317 g/mol. The van der Waals surface area contributed by atoms with Crippen molar-refractivity contribution in [2.45, 2.75) is 16.8 Å². The second-order valence-corrected chi connectivity index (χ2v) is 7.54. The van der Waals surface area contributed by atoms with Crippen LogP contribution >= 0.6 is 0 Å². The fourth-order valence-electron chi connectivity index (χ4n) is 1.38. The topological polar surface area (TPSA) is 104 Å². The number of benzene rings is 1. The molecular weight excluding hydrogens is 306 g/mol. The van der Waals surface area contributed by atoms with Crippen molar-refractivity contribution in [1.29, 1.82) is 0 Å². The lowest BCUT2D eigenvalue weighted by atomic mass is 10.2. The molecule has 1 aromatic carbocycles. The van der Waals surface area contributed by atoms with Crippen LogP contribution in [-0.2, 0) is 20.0 Å².